The maximum Gasteiger partial charge on any atom is 0.133 e. The Morgan fingerprint density at radius 3 is 3.00 bits per heavy atom. The fraction of sp³-hybridized carbons (Fsp3) is 0.818. The van der Waals surface area contributed by atoms with Gasteiger partial charge in [0.05, 0.1) is 12.6 Å². The van der Waals surface area contributed by atoms with E-state index in [0.29, 0.717) is 5.92 Å². The third kappa shape index (κ3) is 2.25. The van der Waals surface area contributed by atoms with Crippen LogP contribution in [0.5, 0.6) is 0 Å². The zero-order valence-corrected chi connectivity index (χ0v) is 9.98. The molecule has 1 aromatic heterocycles. The fourth-order valence-electron chi connectivity index (χ4n) is 2.35. The number of rotatable bonds is 4. The van der Waals surface area contributed by atoms with E-state index < -0.39 is 0 Å². The molecule has 5 heteroatoms. The minimum Gasteiger partial charge on any atom is -0.394 e. The van der Waals surface area contributed by atoms with Crippen LogP contribution in [0.25, 0.3) is 0 Å². The van der Waals surface area contributed by atoms with Gasteiger partial charge >= 0.3 is 0 Å². The van der Waals surface area contributed by atoms with E-state index in [9.17, 15) is 5.11 Å². The van der Waals surface area contributed by atoms with Crippen LogP contribution in [0.3, 0.4) is 0 Å². The van der Waals surface area contributed by atoms with Crippen LogP contribution in [0.1, 0.15) is 31.0 Å². The lowest BCUT2D eigenvalue weighted by Crippen LogP contribution is -2.18. The van der Waals surface area contributed by atoms with Gasteiger partial charge in [-0.05, 0) is 39.3 Å². The summed E-state index contributed by atoms with van der Waals surface area (Å²) in [5, 5.41) is 20.9. The van der Waals surface area contributed by atoms with Crippen molar-refractivity contribution in [3.05, 3.63) is 11.6 Å². The molecule has 90 valence electrons. The summed E-state index contributed by atoms with van der Waals surface area (Å²) in [5.74, 6) is 2.56. The van der Waals surface area contributed by atoms with Crippen molar-refractivity contribution in [1.82, 2.24) is 20.1 Å². The van der Waals surface area contributed by atoms with Gasteiger partial charge in [0.25, 0.3) is 0 Å². The first kappa shape index (κ1) is 11.5. The van der Waals surface area contributed by atoms with Crippen molar-refractivity contribution in [3.63, 3.8) is 0 Å². The predicted molar refractivity (Wildman–Crippen MR) is 61.2 cm³/mol. The molecule has 2 N–H and O–H groups in total. The van der Waals surface area contributed by atoms with E-state index in [-0.39, 0.29) is 12.6 Å². The molecule has 0 amide bonds. The molecule has 16 heavy (non-hydrogen) atoms. The number of hydrogen-bond donors (Lipinski definition) is 2. The van der Waals surface area contributed by atoms with Crippen LogP contribution < -0.4 is 5.32 Å². The summed E-state index contributed by atoms with van der Waals surface area (Å²) >= 11 is 0. The third-order valence-corrected chi connectivity index (χ3v) is 3.28. The first-order valence-corrected chi connectivity index (χ1v) is 5.94. The molecule has 2 unspecified atom stereocenters. The number of nitrogens with zero attached hydrogens (tertiary/aromatic N) is 3. The summed E-state index contributed by atoms with van der Waals surface area (Å²) in [4.78, 5) is 0. The lowest BCUT2D eigenvalue weighted by molar-refractivity contribution is 0.233. The van der Waals surface area contributed by atoms with Gasteiger partial charge in [-0.2, -0.15) is 0 Å². The molecule has 0 saturated carbocycles. The largest absolute Gasteiger partial charge is 0.394 e. The summed E-state index contributed by atoms with van der Waals surface area (Å²) in [7, 11) is 0. The molecule has 1 aromatic rings. The lowest BCUT2D eigenvalue weighted by atomic mass is 10.0. The average molecular weight is 224 g/mol. The number of nitrogens with one attached hydrogen (secondary N) is 1. The molecular weight excluding hydrogens is 204 g/mol. The Kier molecular flexibility index (Phi) is 3.56. The van der Waals surface area contributed by atoms with Gasteiger partial charge in [-0.3, -0.25) is 0 Å². The van der Waals surface area contributed by atoms with Crippen LogP contribution in [-0.4, -0.2) is 39.6 Å². The van der Waals surface area contributed by atoms with Crippen LogP contribution in [0.2, 0.25) is 0 Å². The highest BCUT2D eigenvalue weighted by atomic mass is 16.3. The van der Waals surface area contributed by atoms with Gasteiger partial charge in [0.1, 0.15) is 11.6 Å². The molecule has 0 bridgehead atoms. The SMILES string of the molecule is Cc1nnc(CC2CCNC2)n1C(C)CO. The van der Waals surface area contributed by atoms with Crippen molar-refractivity contribution in [2.45, 2.75) is 32.7 Å². The Balaban J connectivity index is 2.13. The average Bonchev–Trinajstić information content (AvgIpc) is 2.89. The Hall–Kier alpha value is -0.940. The van der Waals surface area contributed by atoms with Crippen molar-refractivity contribution in [2.75, 3.05) is 19.7 Å². The fourth-order valence-corrected chi connectivity index (χ4v) is 2.35. The lowest BCUT2D eigenvalue weighted by Gasteiger charge is -2.16. The quantitative estimate of drug-likeness (QED) is 0.771. The van der Waals surface area contributed by atoms with E-state index in [4.69, 9.17) is 0 Å². The zero-order valence-electron chi connectivity index (χ0n) is 9.98. The topological polar surface area (TPSA) is 63.0 Å². The van der Waals surface area contributed by atoms with Crippen LogP contribution in [0, 0.1) is 12.8 Å². The second-order valence-electron chi connectivity index (χ2n) is 4.63. The molecule has 0 aliphatic carbocycles. The summed E-state index contributed by atoms with van der Waals surface area (Å²) < 4.78 is 2.05. The molecular formula is C11H20N4O. The van der Waals surface area contributed by atoms with E-state index >= 15 is 0 Å². The van der Waals surface area contributed by atoms with Gasteiger partial charge in [-0.1, -0.05) is 0 Å². The number of aryl methyl sites for hydroxylation is 1. The highest BCUT2D eigenvalue weighted by Gasteiger charge is 2.20. The molecule has 0 aromatic carbocycles. The number of aromatic nitrogens is 3. The molecule has 1 aliphatic rings. The van der Waals surface area contributed by atoms with Crippen LogP contribution in [-0.2, 0) is 6.42 Å². The maximum absolute atomic E-state index is 9.23. The standard InChI is InChI=1S/C11H20N4O/c1-8(7-16)15-9(2)13-14-11(15)5-10-3-4-12-6-10/h8,10,12,16H,3-7H2,1-2H3. The molecule has 1 fully saturated rings. The van der Waals surface area contributed by atoms with Crippen LogP contribution in [0.15, 0.2) is 0 Å². The van der Waals surface area contributed by atoms with E-state index in [1.807, 2.05) is 13.8 Å². The van der Waals surface area contributed by atoms with E-state index in [0.717, 1.165) is 31.2 Å². The monoisotopic (exact) mass is 224 g/mol. The van der Waals surface area contributed by atoms with Gasteiger partial charge in [0.15, 0.2) is 0 Å². The second kappa shape index (κ2) is 4.93. The van der Waals surface area contributed by atoms with E-state index in [2.05, 4.69) is 20.1 Å². The van der Waals surface area contributed by atoms with Crippen molar-refractivity contribution in [3.8, 4) is 0 Å². The Morgan fingerprint density at radius 1 is 1.56 bits per heavy atom. The maximum atomic E-state index is 9.23. The predicted octanol–water partition coefficient (Wildman–Crippen LogP) is 0.292. The minimum atomic E-state index is 0.0689. The van der Waals surface area contributed by atoms with Crippen molar-refractivity contribution in [2.24, 2.45) is 5.92 Å². The van der Waals surface area contributed by atoms with E-state index in [1.165, 1.54) is 6.42 Å². The molecule has 1 aliphatic heterocycles. The van der Waals surface area contributed by atoms with Gasteiger partial charge in [-0.25, -0.2) is 0 Å². The van der Waals surface area contributed by atoms with Crippen LogP contribution in [0.4, 0.5) is 0 Å². The normalized spacial score (nSPS) is 22.6. The van der Waals surface area contributed by atoms with Crippen molar-refractivity contribution >= 4 is 0 Å². The molecule has 0 spiro atoms. The minimum absolute atomic E-state index is 0.0689. The third-order valence-electron chi connectivity index (χ3n) is 3.28. The molecule has 5 nitrogen and oxygen atoms in total. The van der Waals surface area contributed by atoms with Gasteiger partial charge < -0.3 is 15.0 Å². The number of aliphatic hydroxyl groups is 1. The summed E-state index contributed by atoms with van der Waals surface area (Å²) in [6, 6.07) is 0.0689. The smallest absolute Gasteiger partial charge is 0.133 e. The molecule has 0 radical (unpaired) electrons. The zero-order chi connectivity index (χ0) is 11.5. The van der Waals surface area contributed by atoms with Gasteiger partial charge in [0.2, 0.25) is 0 Å². The van der Waals surface area contributed by atoms with Crippen LogP contribution >= 0.6 is 0 Å². The first-order valence-electron chi connectivity index (χ1n) is 5.94. The molecule has 2 rings (SSSR count). The first-order chi connectivity index (χ1) is 7.72. The Labute approximate surface area is 95.9 Å². The number of hydrogen-bond acceptors (Lipinski definition) is 4. The van der Waals surface area contributed by atoms with Gasteiger partial charge in [-0.15, -0.1) is 10.2 Å². The van der Waals surface area contributed by atoms with E-state index in [1.54, 1.807) is 0 Å². The number of aliphatic hydroxyl groups excluding tert-OH is 1. The molecule has 2 heterocycles. The van der Waals surface area contributed by atoms with Crippen molar-refractivity contribution in [1.29, 1.82) is 0 Å². The summed E-state index contributed by atoms with van der Waals surface area (Å²) in [6.45, 7) is 6.24. The van der Waals surface area contributed by atoms with Gasteiger partial charge in [0, 0.05) is 6.42 Å². The summed E-state index contributed by atoms with van der Waals surface area (Å²) in [6.07, 6.45) is 2.16. The highest BCUT2D eigenvalue weighted by Crippen LogP contribution is 2.17. The molecule has 1 saturated heterocycles. The summed E-state index contributed by atoms with van der Waals surface area (Å²) in [5.41, 5.74) is 0. The second-order valence-corrected chi connectivity index (χ2v) is 4.63. The Morgan fingerprint density at radius 2 is 2.38 bits per heavy atom. The highest BCUT2D eigenvalue weighted by molar-refractivity contribution is 4.99. The molecule has 2 atom stereocenters. The Bertz CT molecular complexity index is 344. The van der Waals surface area contributed by atoms with Crippen molar-refractivity contribution < 1.29 is 5.11 Å².